The van der Waals surface area contributed by atoms with Crippen LogP contribution < -0.4 is 14.8 Å². The summed E-state index contributed by atoms with van der Waals surface area (Å²) in [5, 5.41) is 6.21. The Morgan fingerprint density at radius 1 is 0.953 bits per heavy atom. The molecule has 5 rings (SSSR count). The summed E-state index contributed by atoms with van der Waals surface area (Å²) in [6, 6.07) is 23.7. The third-order valence-electron chi connectivity index (χ3n) is 8.13. The molecule has 2 heterocycles. The second-order valence-electron chi connectivity index (χ2n) is 10.7. The van der Waals surface area contributed by atoms with Crippen LogP contribution in [0.3, 0.4) is 0 Å². The summed E-state index contributed by atoms with van der Waals surface area (Å²) in [5.41, 5.74) is 2.66. The van der Waals surface area contributed by atoms with Gasteiger partial charge in [-0.25, -0.2) is 4.79 Å². The first kappa shape index (κ1) is 29.7. The molecule has 3 atom stereocenters. The Bertz CT molecular complexity index is 1490. The van der Waals surface area contributed by atoms with Gasteiger partial charge < -0.3 is 19.7 Å². The summed E-state index contributed by atoms with van der Waals surface area (Å²) >= 11 is 0. The van der Waals surface area contributed by atoms with E-state index in [1.54, 1.807) is 29.1 Å². The maximum Gasteiger partial charge on any atom is 0.332 e. The molecule has 222 valence electrons. The molecule has 3 aromatic carbocycles. The molecule has 1 unspecified atom stereocenters. The van der Waals surface area contributed by atoms with Crippen LogP contribution in [-0.2, 0) is 22.6 Å². The van der Waals surface area contributed by atoms with Gasteiger partial charge in [0.2, 0.25) is 5.91 Å². The lowest BCUT2D eigenvalue weighted by atomic mass is 9.73. The van der Waals surface area contributed by atoms with E-state index < -0.39 is 17.9 Å². The molecule has 0 saturated carbocycles. The van der Waals surface area contributed by atoms with E-state index in [0.29, 0.717) is 31.0 Å². The van der Waals surface area contributed by atoms with Gasteiger partial charge in [0.05, 0.1) is 45.2 Å². The summed E-state index contributed by atoms with van der Waals surface area (Å²) in [5.74, 6) is 2.16. The molecule has 9 heteroatoms. The fraction of sp³-hybridized carbons (Fsp3) is 0.324. The number of benzene rings is 3. The van der Waals surface area contributed by atoms with Gasteiger partial charge in [-0.3, -0.25) is 14.6 Å². The van der Waals surface area contributed by atoms with E-state index in [1.165, 1.54) is 0 Å². The van der Waals surface area contributed by atoms with Gasteiger partial charge in [0.1, 0.15) is 0 Å². The number of hydrazine groups is 1. The van der Waals surface area contributed by atoms with Crippen LogP contribution in [-0.4, -0.2) is 79.1 Å². The summed E-state index contributed by atoms with van der Waals surface area (Å²) in [6.45, 7) is 0.945. The normalized spacial score (nSPS) is 20.3. The lowest BCUT2D eigenvalue weighted by Gasteiger charge is -2.52. The molecule has 0 spiro atoms. The Balaban J connectivity index is 1.46. The summed E-state index contributed by atoms with van der Waals surface area (Å²) in [6.07, 6.45) is 6.23. The number of Topliss-reactive ketones (excluding diaryl/α,β-unsaturated/α-hetero) is 1. The number of likely N-dealkylation sites (tertiary alicyclic amines) is 1. The van der Waals surface area contributed by atoms with Gasteiger partial charge in [0, 0.05) is 19.6 Å². The summed E-state index contributed by atoms with van der Waals surface area (Å²) in [4.78, 5) is 43.5. The van der Waals surface area contributed by atoms with Crippen LogP contribution in [0.4, 0.5) is 4.79 Å². The first-order chi connectivity index (χ1) is 20.9. The number of rotatable bonds is 9. The third kappa shape index (κ3) is 6.35. The van der Waals surface area contributed by atoms with Crippen LogP contribution in [0, 0.1) is 18.3 Å². The first-order valence-corrected chi connectivity index (χ1v) is 14.3. The molecular formula is C34H36N4O5. The van der Waals surface area contributed by atoms with Crippen molar-refractivity contribution in [3.05, 3.63) is 95.6 Å². The molecular weight excluding hydrogens is 544 g/mol. The van der Waals surface area contributed by atoms with Gasteiger partial charge in [-0.1, -0.05) is 72.7 Å². The zero-order valence-electron chi connectivity index (χ0n) is 24.4. The average Bonchev–Trinajstić information content (AvgIpc) is 3.04. The van der Waals surface area contributed by atoms with E-state index in [-0.39, 0.29) is 37.4 Å². The number of ketones is 1. The molecule has 0 bridgehead atoms. The predicted molar refractivity (Wildman–Crippen MR) is 162 cm³/mol. The summed E-state index contributed by atoms with van der Waals surface area (Å²) in [7, 11) is 3.17. The molecule has 43 heavy (non-hydrogen) atoms. The fourth-order valence-electron chi connectivity index (χ4n) is 6.09. The minimum atomic E-state index is -0.727. The Morgan fingerprint density at radius 3 is 2.33 bits per heavy atom. The van der Waals surface area contributed by atoms with Gasteiger partial charge in [0.25, 0.3) is 0 Å². The number of hydrogen-bond acceptors (Lipinski definition) is 6. The van der Waals surface area contributed by atoms with Gasteiger partial charge in [-0.2, -0.15) is 5.01 Å². The van der Waals surface area contributed by atoms with E-state index in [0.717, 1.165) is 16.7 Å². The van der Waals surface area contributed by atoms with Crippen LogP contribution in [0.25, 0.3) is 0 Å². The van der Waals surface area contributed by atoms with Crippen molar-refractivity contribution in [1.82, 2.24) is 20.2 Å². The van der Waals surface area contributed by atoms with Crippen molar-refractivity contribution >= 4 is 17.7 Å². The molecule has 2 aliphatic rings. The third-order valence-corrected chi connectivity index (χ3v) is 8.13. The molecule has 9 nitrogen and oxygen atoms in total. The Hall–Kier alpha value is -4.81. The van der Waals surface area contributed by atoms with E-state index in [2.05, 4.69) is 11.2 Å². The SMILES string of the molecule is C#CCN1CC(=O)C2[C@@H](c3ccccc3)C(=O)N(CCc3ccc(OC)c(OC)c3)C[C@@H]2N1C(=O)NCc1ccccc1. The quantitative estimate of drug-likeness (QED) is 0.390. The van der Waals surface area contributed by atoms with Crippen LogP contribution in [0.15, 0.2) is 78.9 Å². The summed E-state index contributed by atoms with van der Waals surface area (Å²) < 4.78 is 10.8. The zero-order valence-corrected chi connectivity index (χ0v) is 24.4. The lowest BCUT2D eigenvalue weighted by Crippen LogP contribution is -2.70. The van der Waals surface area contributed by atoms with E-state index in [4.69, 9.17) is 15.9 Å². The van der Waals surface area contributed by atoms with Crippen molar-refractivity contribution in [3.8, 4) is 23.8 Å². The molecule has 1 N–H and O–H groups in total. The molecule has 2 saturated heterocycles. The number of carbonyl (C=O) groups is 3. The van der Waals surface area contributed by atoms with Gasteiger partial charge in [-0.15, -0.1) is 6.42 Å². The number of carbonyl (C=O) groups excluding carboxylic acids is 3. The highest BCUT2D eigenvalue weighted by Crippen LogP contribution is 2.40. The monoisotopic (exact) mass is 580 g/mol. The molecule has 3 amide bonds. The maximum absolute atomic E-state index is 14.1. The van der Waals surface area contributed by atoms with E-state index in [9.17, 15) is 14.4 Å². The van der Waals surface area contributed by atoms with Crippen molar-refractivity contribution in [2.45, 2.75) is 24.9 Å². The standard InChI is InChI=1S/C34H36N4O5/c1-4-18-37-23-28(39)32-27(38(37)34(41)35-21-25-11-7-5-8-12-25)22-36(33(40)31(32)26-13-9-6-10-14-26)19-17-24-15-16-29(42-2)30(20-24)43-3/h1,5-16,20,27,31-32H,17-19,21-23H2,2-3H3,(H,35,41)/t27-,31+,32?/m0/s1. The second kappa shape index (κ2) is 13.4. The number of nitrogens with zero attached hydrogens (tertiary/aromatic N) is 3. The number of methoxy groups -OCH3 is 2. The lowest BCUT2D eigenvalue weighted by molar-refractivity contribution is -0.162. The predicted octanol–water partition coefficient (Wildman–Crippen LogP) is 3.50. The van der Waals surface area contributed by atoms with Gasteiger partial charge in [0.15, 0.2) is 17.3 Å². The van der Waals surface area contributed by atoms with E-state index >= 15 is 0 Å². The van der Waals surface area contributed by atoms with Crippen LogP contribution in [0.5, 0.6) is 11.5 Å². The Kier molecular flexibility index (Phi) is 9.28. The molecule has 2 aliphatic heterocycles. The molecule has 2 fully saturated rings. The molecule has 0 aromatic heterocycles. The highest BCUT2D eigenvalue weighted by atomic mass is 16.5. The minimum absolute atomic E-state index is 0.0492. The number of urea groups is 1. The minimum Gasteiger partial charge on any atom is -0.493 e. The smallest absolute Gasteiger partial charge is 0.332 e. The van der Waals surface area contributed by atoms with Crippen molar-refractivity contribution in [2.24, 2.45) is 5.92 Å². The molecule has 0 radical (unpaired) electrons. The first-order valence-electron chi connectivity index (χ1n) is 14.3. The second-order valence-corrected chi connectivity index (χ2v) is 10.7. The Labute approximate surface area is 252 Å². The highest BCUT2D eigenvalue weighted by Gasteiger charge is 2.54. The number of amides is 3. The molecule has 3 aromatic rings. The zero-order chi connectivity index (χ0) is 30.3. The topological polar surface area (TPSA) is 91.4 Å². The molecule has 0 aliphatic carbocycles. The van der Waals surface area contributed by atoms with Crippen molar-refractivity contribution in [3.63, 3.8) is 0 Å². The maximum atomic E-state index is 14.1. The van der Waals surface area contributed by atoms with Crippen LogP contribution in [0.2, 0.25) is 0 Å². The average molecular weight is 581 g/mol. The van der Waals surface area contributed by atoms with E-state index in [1.807, 2.05) is 78.9 Å². The fourth-order valence-corrected chi connectivity index (χ4v) is 6.09. The number of ether oxygens (including phenoxy) is 2. The van der Waals surface area contributed by atoms with Crippen LogP contribution in [0.1, 0.15) is 22.6 Å². The van der Waals surface area contributed by atoms with Crippen molar-refractivity contribution in [1.29, 1.82) is 0 Å². The van der Waals surface area contributed by atoms with Gasteiger partial charge >= 0.3 is 6.03 Å². The number of piperidine rings is 1. The number of fused-ring (bicyclic) bond motifs is 1. The number of hydrogen-bond donors (Lipinski definition) is 1. The largest absolute Gasteiger partial charge is 0.493 e. The van der Waals surface area contributed by atoms with Gasteiger partial charge in [-0.05, 0) is 35.2 Å². The van der Waals surface area contributed by atoms with Crippen molar-refractivity contribution in [2.75, 3.05) is 40.4 Å². The Morgan fingerprint density at radius 2 is 1.65 bits per heavy atom. The highest BCUT2D eigenvalue weighted by molar-refractivity contribution is 5.96. The number of nitrogens with one attached hydrogen (secondary N) is 1. The number of terminal acetylenes is 1. The van der Waals surface area contributed by atoms with Crippen LogP contribution >= 0.6 is 0 Å². The van der Waals surface area contributed by atoms with Crippen molar-refractivity contribution < 1.29 is 23.9 Å².